The van der Waals surface area contributed by atoms with Crippen LogP contribution in [0.4, 0.5) is 5.69 Å². The molecule has 0 aliphatic heterocycles. The van der Waals surface area contributed by atoms with Gasteiger partial charge in [0, 0.05) is 10.2 Å². The van der Waals surface area contributed by atoms with Crippen LogP contribution in [0.2, 0.25) is 0 Å². The Morgan fingerprint density at radius 3 is 2.50 bits per heavy atom. The lowest BCUT2D eigenvalue weighted by atomic mass is 9.85. The van der Waals surface area contributed by atoms with Gasteiger partial charge in [0.25, 0.3) is 0 Å². The van der Waals surface area contributed by atoms with Gasteiger partial charge in [0.05, 0.1) is 5.41 Å². The Labute approximate surface area is 91.1 Å². The van der Waals surface area contributed by atoms with E-state index in [1.165, 1.54) is 0 Å². The Morgan fingerprint density at radius 2 is 2.07 bits per heavy atom. The van der Waals surface area contributed by atoms with Crippen molar-refractivity contribution in [3.8, 4) is 0 Å². The van der Waals surface area contributed by atoms with Crippen LogP contribution in [0.15, 0.2) is 22.7 Å². The number of hydrogen-bond acceptors (Lipinski definition) is 2. The molecular weight excluding hydrogens is 246 g/mol. The average Bonchev–Trinajstić information content (AvgIpc) is 2.09. The standard InChI is InChI=1S/C10H12BrNO2/c1-10(2,9(13)14)6-3-4-8(12)7(11)5-6/h3-5H,12H2,1-2H3,(H,13,14). The fourth-order valence-electron chi connectivity index (χ4n) is 1.04. The van der Waals surface area contributed by atoms with Crippen molar-refractivity contribution in [1.29, 1.82) is 0 Å². The fraction of sp³-hybridized carbons (Fsp3) is 0.300. The van der Waals surface area contributed by atoms with E-state index in [9.17, 15) is 4.79 Å². The highest BCUT2D eigenvalue weighted by Crippen LogP contribution is 2.29. The Morgan fingerprint density at radius 1 is 1.50 bits per heavy atom. The third kappa shape index (κ3) is 1.90. The molecule has 0 spiro atoms. The predicted molar refractivity (Wildman–Crippen MR) is 59.2 cm³/mol. The van der Waals surface area contributed by atoms with Crippen LogP contribution in [0.5, 0.6) is 0 Å². The smallest absolute Gasteiger partial charge is 0.313 e. The number of nitrogens with two attached hydrogens (primary N) is 1. The lowest BCUT2D eigenvalue weighted by Crippen LogP contribution is -2.28. The number of anilines is 1. The molecular formula is C10H12BrNO2. The van der Waals surface area contributed by atoms with Gasteiger partial charge in [-0.1, -0.05) is 6.07 Å². The van der Waals surface area contributed by atoms with Crippen LogP contribution in [0, 0.1) is 0 Å². The third-order valence-electron chi connectivity index (χ3n) is 2.26. The molecule has 0 bridgehead atoms. The summed E-state index contributed by atoms with van der Waals surface area (Å²) in [6.45, 7) is 3.32. The van der Waals surface area contributed by atoms with Gasteiger partial charge in [-0.3, -0.25) is 4.79 Å². The summed E-state index contributed by atoms with van der Waals surface area (Å²) in [5.74, 6) is -0.853. The van der Waals surface area contributed by atoms with Crippen LogP contribution < -0.4 is 5.73 Å². The van der Waals surface area contributed by atoms with E-state index >= 15 is 0 Å². The minimum absolute atomic E-state index is 0.606. The number of aliphatic carboxylic acids is 1. The fourth-order valence-corrected chi connectivity index (χ4v) is 1.42. The van der Waals surface area contributed by atoms with Crippen molar-refractivity contribution in [2.24, 2.45) is 0 Å². The summed E-state index contributed by atoms with van der Waals surface area (Å²) >= 11 is 3.27. The summed E-state index contributed by atoms with van der Waals surface area (Å²) in [7, 11) is 0. The van der Waals surface area contributed by atoms with E-state index in [4.69, 9.17) is 10.8 Å². The summed E-state index contributed by atoms with van der Waals surface area (Å²) in [6, 6.07) is 5.17. The average molecular weight is 258 g/mol. The van der Waals surface area contributed by atoms with E-state index in [-0.39, 0.29) is 0 Å². The van der Waals surface area contributed by atoms with Crippen molar-refractivity contribution >= 4 is 27.6 Å². The second-order valence-corrected chi connectivity index (χ2v) is 4.52. The Hall–Kier alpha value is -1.03. The first-order valence-electron chi connectivity index (χ1n) is 4.14. The molecule has 0 unspecified atom stereocenters. The van der Waals surface area contributed by atoms with Crippen LogP contribution in [-0.4, -0.2) is 11.1 Å². The molecule has 0 aliphatic rings. The summed E-state index contributed by atoms with van der Waals surface area (Å²) in [6.07, 6.45) is 0. The number of halogens is 1. The molecule has 3 N–H and O–H groups in total. The largest absolute Gasteiger partial charge is 0.481 e. The Balaban J connectivity index is 3.21. The van der Waals surface area contributed by atoms with Crippen molar-refractivity contribution in [3.05, 3.63) is 28.2 Å². The highest BCUT2D eigenvalue weighted by molar-refractivity contribution is 9.10. The van der Waals surface area contributed by atoms with Gasteiger partial charge in [-0.15, -0.1) is 0 Å². The van der Waals surface area contributed by atoms with Gasteiger partial charge in [-0.2, -0.15) is 0 Å². The zero-order chi connectivity index (χ0) is 10.9. The molecule has 3 nitrogen and oxygen atoms in total. The lowest BCUT2D eigenvalue weighted by Gasteiger charge is -2.20. The molecule has 4 heteroatoms. The summed E-state index contributed by atoms with van der Waals surface area (Å²) < 4.78 is 0.726. The number of carboxylic acid groups (broad SMARTS) is 1. The summed E-state index contributed by atoms with van der Waals surface area (Å²) in [4.78, 5) is 11.0. The molecule has 0 radical (unpaired) electrons. The van der Waals surface area contributed by atoms with Crippen molar-refractivity contribution < 1.29 is 9.90 Å². The maximum absolute atomic E-state index is 11.0. The Kier molecular flexibility index (Phi) is 2.85. The topological polar surface area (TPSA) is 63.3 Å². The molecule has 1 aromatic rings. The number of rotatable bonds is 2. The minimum atomic E-state index is -0.893. The SMILES string of the molecule is CC(C)(C(=O)O)c1ccc(N)c(Br)c1. The van der Waals surface area contributed by atoms with Crippen LogP contribution in [0.25, 0.3) is 0 Å². The molecule has 0 heterocycles. The summed E-state index contributed by atoms with van der Waals surface area (Å²) in [5.41, 5.74) is 6.06. The first-order chi connectivity index (χ1) is 6.35. The highest BCUT2D eigenvalue weighted by Gasteiger charge is 2.29. The number of carbonyl (C=O) groups is 1. The molecule has 0 saturated carbocycles. The second kappa shape index (κ2) is 3.61. The number of nitrogen functional groups attached to an aromatic ring is 1. The molecule has 0 amide bonds. The van der Waals surface area contributed by atoms with E-state index in [0.29, 0.717) is 5.69 Å². The van der Waals surface area contributed by atoms with Crippen molar-refractivity contribution in [1.82, 2.24) is 0 Å². The van der Waals surface area contributed by atoms with Crippen LogP contribution in [-0.2, 0) is 10.2 Å². The van der Waals surface area contributed by atoms with Gasteiger partial charge in [0.15, 0.2) is 0 Å². The molecule has 0 aliphatic carbocycles. The second-order valence-electron chi connectivity index (χ2n) is 3.67. The van der Waals surface area contributed by atoms with Gasteiger partial charge in [-0.25, -0.2) is 0 Å². The minimum Gasteiger partial charge on any atom is -0.481 e. The van der Waals surface area contributed by atoms with Crippen molar-refractivity contribution in [2.45, 2.75) is 19.3 Å². The molecule has 0 fully saturated rings. The highest BCUT2D eigenvalue weighted by atomic mass is 79.9. The maximum atomic E-state index is 11.0. The zero-order valence-electron chi connectivity index (χ0n) is 8.04. The monoisotopic (exact) mass is 257 g/mol. The van der Waals surface area contributed by atoms with Gasteiger partial charge < -0.3 is 10.8 Å². The van der Waals surface area contributed by atoms with Gasteiger partial charge in [0.1, 0.15) is 0 Å². The number of hydrogen-bond donors (Lipinski definition) is 2. The number of benzene rings is 1. The maximum Gasteiger partial charge on any atom is 0.313 e. The number of carboxylic acids is 1. The summed E-state index contributed by atoms with van der Waals surface area (Å²) in [5, 5.41) is 9.01. The molecule has 76 valence electrons. The molecule has 0 atom stereocenters. The first kappa shape index (κ1) is 11.0. The van der Waals surface area contributed by atoms with Gasteiger partial charge in [-0.05, 0) is 47.5 Å². The van der Waals surface area contributed by atoms with Gasteiger partial charge >= 0.3 is 5.97 Å². The van der Waals surface area contributed by atoms with Gasteiger partial charge in [0.2, 0.25) is 0 Å². The lowest BCUT2D eigenvalue weighted by molar-refractivity contribution is -0.142. The van der Waals surface area contributed by atoms with E-state index in [1.54, 1.807) is 32.0 Å². The van der Waals surface area contributed by atoms with Crippen LogP contribution >= 0.6 is 15.9 Å². The van der Waals surface area contributed by atoms with E-state index in [0.717, 1.165) is 10.0 Å². The molecule has 1 aromatic carbocycles. The van der Waals surface area contributed by atoms with Crippen molar-refractivity contribution in [3.63, 3.8) is 0 Å². The third-order valence-corrected chi connectivity index (χ3v) is 2.94. The Bertz CT molecular complexity index is 374. The molecule has 0 saturated heterocycles. The molecule has 1 rings (SSSR count). The predicted octanol–water partition coefficient (Wildman–Crippen LogP) is 2.39. The quantitative estimate of drug-likeness (QED) is 0.800. The molecule has 14 heavy (non-hydrogen) atoms. The normalized spacial score (nSPS) is 11.4. The van der Waals surface area contributed by atoms with E-state index in [1.807, 2.05) is 0 Å². The van der Waals surface area contributed by atoms with Crippen LogP contribution in [0.1, 0.15) is 19.4 Å². The zero-order valence-corrected chi connectivity index (χ0v) is 9.63. The van der Waals surface area contributed by atoms with Crippen LogP contribution in [0.3, 0.4) is 0 Å². The van der Waals surface area contributed by atoms with E-state index in [2.05, 4.69) is 15.9 Å². The van der Waals surface area contributed by atoms with Crippen molar-refractivity contribution in [2.75, 3.05) is 5.73 Å². The first-order valence-corrected chi connectivity index (χ1v) is 4.94. The molecule has 0 aromatic heterocycles. The van der Waals surface area contributed by atoms with E-state index < -0.39 is 11.4 Å².